The molecular formula is C16H13IO4. The van der Waals surface area contributed by atoms with Gasteiger partial charge >= 0.3 is 11.9 Å². The van der Waals surface area contributed by atoms with Crippen LogP contribution < -0.4 is 9.47 Å². The average molecular weight is 396 g/mol. The normalized spacial score (nSPS) is 10.0. The zero-order chi connectivity index (χ0) is 15.4. The highest BCUT2D eigenvalue weighted by atomic mass is 127. The molecule has 0 saturated carbocycles. The van der Waals surface area contributed by atoms with E-state index in [0.717, 1.165) is 11.1 Å². The highest BCUT2D eigenvalue weighted by Crippen LogP contribution is 2.39. The number of ether oxygens (including phenoxy) is 2. The van der Waals surface area contributed by atoms with Crippen LogP contribution in [0.5, 0.6) is 11.5 Å². The van der Waals surface area contributed by atoms with Crippen molar-refractivity contribution in [3.8, 4) is 22.6 Å². The van der Waals surface area contributed by atoms with Gasteiger partial charge in [-0.25, -0.2) is 0 Å². The van der Waals surface area contributed by atoms with E-state index >= 15 is 0 Å². The Balaban J connectivity index is 2.55. The molecule has 0 fully saturated rings. The molecule has 4 nitrogen and oxygen atoms in total. The second-order valence-electron chi connectivity index (χ2n) is 4.31. The number of esters is 2. The van der Waals surface area contributed by atoms with Gasteiger partial charge in [0.15, 0.2) is 11.5 Å². The van der Waals surface area contributed by atoms with Crippen LogP contribution in [0.4, 0.5) is 0 Å². The number of hydrogen-bond acceptors (Lipinski definition) is 4. The number of hydrogen-bond donors (Lipinski definition) is 0. The van der Waals surface area contributed by atoms with Crippen LogP contribution in [-0.2, 0) is 9.59 Å². The lowest BCUT2D eigenvalue weighted by Gasteiger charge is -2.14. The number of benzene rings is 2. The third-order valence-corrected chi connectivity index (χ3v) is 3.72. The first-order chi connectivity index (χ1) is 9.99. The molecule has 0 aliphatic carbocycles. The van der Waals surface area contributed by atoms with Crippen LogP contribution in [0.1, 0.15) is 13.8 Å². The van der Waals surface area contributed by atoms with Gasteiger partial charge in [0.05, 0.1) is 3.57 Å². The van der Waals surface area contributed by atoms with Crippen molar-refractivity contribution < 1.29 is 19.1 Å². The summed E-state index contributed by atoms with van der Waals surface area (Å²) in [6.45, 7) is 2.61. The zero-order valence-corrected chi connectivity index (χ0v) is 13.7. The van der Waals surface area contributed by atoms with Crippen molar-refractivity contribution in [1.82, 2.24) is 0 Å². The quantitative estimate of drug-likeness (QED) is 0.450. The molecule has 2 aromatic rings. The minimum Gasteiger partial charge on any atom is -0.423 e. The number of carbonyl (C=O) groups is 2. The smallest absolute Gasteiger partial charge is 0.308 e. The van der Waals surface area contributed by atoms with Gasteiger partial charge in [-0.15, -0.1) is 0 Å². The van der Waals surface area contributed by atoms with Crippen molar-refractivity contribution in [2.75, 3.05) is 0 Å². The van der Waals surface area contributed by atoms with E-state index in [1.165, 1.54) is 13.8 Å². The van der Waals surface area contributed by atoms with Crippen molar-refractivity contribution in [3.05, 3.63) is 46.0 Å². The molecule has 0 radical (unpaired) electrons. The molecule has 0 heterocycles. The zero-order valence-electron chi connectivity index (χ0n) is 11.6. The molecule has 0 amide bonds. The lowest BCUT2D eigenvalue weighted by atomic mass is 10.1. The van der Waals surface area contributed by atoms with Crippen LogP contribution >= 0.6 is 22.6 Å². The van der Waals surface area contributed by atoms with E-state index in [1.807, 2.05) is 36.4 Å². The molecule has 0 atom stereocenters. The maximum Gasteiger partial charge on any atom is 0.308 e. The molecule has 108 valence electrons. The Morgan fingerprint density at radius 1 is 0.905 bits per heavy atom. The van der Waals surface area contributed by atoms with Gasteiger partial charge in [0.2, 0.25) is 0 Å². The lowest BCUT2D eigenvalue weighted by Crippen LogP contribution is -2.08. The molecule has 0 saturated heterocycles. The van der Waals surface area contributed by atoms with Crippen LogP contribution in [0.2, 0.25) is 0 Å². The fraction of sp³-hybridized carbons (Fsp3) is 0.125. The second-order valence-corrected chi connectivity index (χ2v) is 5.39. The van der Waals surface area contributed by atoms with Crippen molar-refractivity contribution in [2.45, 2.75) is 13.8 Å². The van der Waals surface area contributed by atoms with Gasteiger partial charge in [0, 0.05) is 13.8 Å². The van der Waals surface area contributed by atoms with E-state index in [2.05, 4.69) is 22.6 Å². The summed E-state index contributed by atoms with van der Waals surface area (Å²) in [4.78, 5) is 22.4. The number of halogens is 1. The maximum absolute atomic E-state index is 11.3. The first-order valence-electron chi connectivity index (χ1n) is 6.24. The van der Waals surface area contributed by atoms with Gasteiger partial charge in [-0.3, -0.25) is 9.59 Å². The van der Waals surface area contributed by atoms with E-state index in [4.69, 9.17) is 9.47 Å². The van der Waals surface area contributed by atoms with Gasteiger partial charge in [-0.05, 0) is 45.9 Å². The predicted molar refractivity (Wildman–Crippen MR) is 87.2 cm³/mol. The summed E-state index contributed by atoms with van der Waals surface area (Å²) in [6.07, 6.45) is 0. The summed E-state index contributed by atoms with van der Waals surface area (Å²) < 4.78 is 11.0. The third kappa shape index (κ3) is 3.81. The fourth-order valence-electron chi connectivity index (χ4n) is 1.85. The fourth-order valence-corrected chi connectivity index (χ4v) is 2.72. The Morgan fingerprint density at radius 3 is 2.10 bits per heavy atom. The lowest BCUT2D eigenvalue weighted by molar-refractivity contribution is -0.134. The van der Waals surface area contributed by atoms with Gasteiger partial charge < -0.3 is 9.47 Å². The Hall–Kier alpha value is -1.89. The molecule has 5 heteroatoms. The number of rotatable bonds is 3. The molecule has 2 rings (SSSR count). The maximum atomic E-state index is 11.3. The molecule has 21 heavy (non-hydrogen) atoms. The largest absolute Gasteiger partial charge is 0.423 e. The van der Waals surface area contributed by atoms with Crippen LogP contribution in [0.25, 0.3) is 11.1 Å². The van der Waals surface area contributed by atoms with Gasteiger partial charge in [-0.2, -0.15) is 0 Å². The Morgan fingerprint density at radius 2 is 1.52 bits per heavy atom. The van der Waals surface area contributed by atoms with Crippen LogP contribution in [-0.4, -0.2) is 11.9 Å². The Bertz CT molecular complexity index is 680. The van der Waals surface area contributed by atoms with Gasteiger partial charge in [-0.1, -0.05) is 30.3 Å². The van der Waals surface area contributed by atoms with Crippen molar-refractivity contribution in [3.63, 3.8) is 0 Å². The predicted octanol–water partition coefficient (Wildman–Crippen LogP) is 3.81. The molecule has 0 N–H and O–H groups in total. The topological polar surface area (TPSA) is 52.6 Å². The summed E-state index contributed by atoms with van der Waals surface area (Å²) in [7, 11) is 0. The first kappa shape index (κ1) is 15.5. The minimum absolute atomic E-state index is 0.238. The standard InChI is InChI=1S/C16H13IO4/c1-10(18)20-14-9-8-13(12-6-4-3-5-7-12)15(17)16(14)21-11(2)19/h3-9H,1-2H3. The van der Waals surface area contributed by atoms with E-state index < -0.39 is 11.9 Å². The second kappa shape index (κ2) is 6.71. The molecule has 0 bridgehead atoms. The molecule has 0 aliphatic rings. The third-order valence-electron chi connectivity index (χ3n) is 2.65. The van der Waals surface area contributed by atoms with E-state index in [-0.39, 0.29) is 11.5 Å². The number of carbonyl (C=O) groups excluding carboxylic acids is 2. The summed E-state index contributed by atoms with van der Waals surface area (Å²) in [5.74, 6) is -0.431. The minimum atomic E-state index is -0.466. The van der Waals surface area contributed by atoms with Crippen LogP contribution in [0, 0.1) is 3.57 Å². The molecule has 0 spiro atoms. The molecule has 0 aromatic heterocycles. The summed E-state index contributed by atoms with van der Waals surface area (Å²) in [5.41, 5.74) is 1.90. The van der Waals surface area contributed by atoms with E-state index in [0.29, 0.717) is 3.57 Å². The molecule has 2 aromatic carbocycles. The highest BCUT2D eigenvalue weighted by Gasteiger charge is 2.18. The van der Waals surface area contributed by atoms with Crippen LogP contribution in [0.15, 0.2) is 42.5 Å². The first-order valence-corrected chi connectivity index (χ1v) is 7.31. The van der Waals surface area contributed by atoms with Gasteiger partial charge in [0.1, 0.15) is 0 Å². The van der Waals surface area contributed by atoms with Crippen molar-refractivity contribution in [1.29, 1.82) is 0 Å². The SMILES string of the molecule is CC(=O)Oc1ccc(-c2ccccc2)c(I)c1OC(C)=O. The summed E-state index contributed by atoms with van der Waals surface area (Å²) >= 11 is 2.08. The van der Waals surface area contributed by atoms with Crippen molar-refractivity contribution >= 4 is 34.5 Å². The van der Waals surface area contributed by atoms with Gasteiger partial charge in [0.25, 0.3) is 0 Å². The van der Waals surface area contributed by atoms with E-state index in [9.17, 15) is 9.59 Å². The van der Waals surface area contributed by atoms with Crippen molar-refractivity contribution in [2.24, 2.45) is 0 Å². The van der Waals surface area contributed by atoms with Crippen LogP contribution in [0.3, 0.4) is 0 Å². The molecule has 0 aliphatic heterocycles. The summed E-state index contributed by atoms with van der Waals surface area (Å²) in [5, 5.41) is 0. The molecule has 0 unspecified atom stereocenters. The average Bonchev–Trinajstić information content (AvgIpc) is 2.43. The monoisotopic (exact) mass is 396 g/mol. The molecular weight excluding hydrogens is 383 g/mol. The highest BCUT2D eigenvalue weighted by molar-refractivity contribution is 14.1. The Labute approximate surface area is 136 Å². The van der Waals surface area contributed by atoms with E-state index in [1.54, 1.807) is 6.07 Å². The Kier molecular flexibility index (Phi) is 4.95. The summed E-state index contributed by atoms with van der Waals surface area (Å²) in [6, 6.07) is 13.2.